The van der Waals surface area contributed by atoms with Crippen LogP contribution in [0.5, 0.6) is 5.75 Å². The second-order valence-corrected chi connectivity index (χ2v) is 6.75. The van der Waals surface area contributed by atoms with Gasteiger partial charge in [0, 0.05) is 10.7 Å². The first-order chi connectivity index (χ1) is 12.0. The highest BCUT2D eigenvalue weighted by Crippen LogP contribution is 2.30. The van der Waals surface area contributed by atoms with Crippen molar-refractivity contribution in [3.63, 3.8) is 0 Å². The first-order valence-corrected chi connectivity index (χ1v) is 9.16. The van der Waals surface area contributed by atoms with E-state index in [4.69, 9.17) is 16.3 Å². The molecular weight excluding hydrogens is 334 g/mol. The largest absolute Gasteiger partial charge is 0.480 e. The maximum absolute atomic E-state index is 12.7. The number of anilines is 1. The number of halogens is 1. The van der Waals surface area contributed by atoms with E-state index >= 15 is 0 Å². The number of aryl methyl sites for hydroxylation is 1. The number of benzene rings is 2. The lowest BCUT2D eigenvalue weighted by atomic mass is 9.98. The van der Waals surface area contributed by atoms with Crippen molar-refractivity contribution in [3.8, 4) is 5.75 Å². The minimum absolute atomic E-state index is 0.160. The van der Waals surface area contributed by atoms with Gasteiger partial charge < -0.3 is 10.1 Å². The van der Waals surface area contributed by atoms with Crippen LogP contribution in [0.2, 0.25) is 5.02 Å². The van der Waals surface area contributed by atoms with Gasteiger partial charge in [-0.15, -0.1) is 0 Å². The molecule has 0 bridgehead atoms. The summed E-state index contributed by atoms with van der Waals surface area (Å²) >= 11 is 6.03. The van der Waals surface area contributed by atoms with E-state index in [1.165, 1.54) is 0 Å². The highest BCUT2D eigenvalue weighted by atomic mass is 35.5. The van der Waals surface area contributed by atoms with Crippen molar-refractivity contribution in [1.82, 2.24) is 0 Å². The summed E-state index contributed by atoms with van der Waals surface area (Å²) in [6.07, 6.45) is 1.05. The van der Waals surface area contributed by atoms with E-state index in [9.17, 15) is 4.79 Å². The number of para-hydroxylation sites is 1. The lowest BCUT2D eigenvalue weighted by Crippen LogP contribution is -2.33. The lowest BCUT2D eigenvalue weighted by Gasteiger charge is -2.21. The molecule has 0 saturated heterocycles. The third kappa shape index (κ3) is 4.99. The fourth-order valence-electron chi connectivity index (χ4n) is 2.63. The molecule has 2 aromatic carbocycles. The zero-order chi connectivity index (χ0) is 18.4. The summed E-state index contributed by atoms with van der Waals surface area (Å²) in [6.45, 7) is 8.19. The third-order valence-electron chi connectivity index (χ3n) is 4.45. The Morgan fingerprint density at radius 3 is 2.56 bits per heavy atom. The van der Waals surface area contributed by atoms with Crippen molar-refractivity contribution in [2.24, 2.45) is 0 Å². The summed E-state index contributed by atoms with van der Waals surface area (Å²) in [4.78, 5) is 12.7. The summed E-state index contributed by atoms with van der Waals surface area (Å²) < 4.78 is 6.08. The molecule has 0 spiro atoms. The molecule has 0 heterocycles. The molecule has 4 heteroatoms. The zero-order valence-electron chi connectivity index (χ0n) is 15.3. The van der Waals surface area contributed by atoms with Crippen LogP contribution in [-0.4, -0.2) is 12.0 Å². The molecule has 25 heavy (non-hydrogen) atoms. The number of carbonyl (C=O) groups excluding carboxylic acids is 1. The van der Waals surface area contributed by atoms with Gasteiger partial charge in [0.25, 0.3) is 5.91 Å². The van der Waals surface area contributed by atoms with Crippen molar-refractivity contribution in [3.05, 3.63) is 58.6 Å². The molecule has 0 aliphatic rings. The van der Waals surface area contributed by atoms with Crippen LogP contribution >= 0.6 is 11.6 Å². The SMILES string of the molecule is CCC(Oc1ccccc1C(C)CC)C(=O)Nc1cc(Cl)ccc1C. The van der Waals surface area contributed by atoms with Gasteiger partial charge in [-0.3, -0.25) is 4.79 Å². The van der Waals surface area contributed by atoms with Crippen LogP contribution < -0.4 is 10.1 Å². The summed E-state index contributed by atoms with van der Waals surface area (Å²) in [7, 11) is 0. The first-order valence-electron chi connectivity index (χ1n) is 8.78. The third-order valence-corrected chi connectivity index (χ3v) is 4.69. The molecule has 0 aliphatic heterocycles. The van der Waals surface area contributed by atoms with E-state index in [0.29, 0.717) is 17.4 Å². The van der Waals surface area contributed by atoms with Gasteiger partial charge >= 0.3 is 0 Å². The van der Waals surface area contributed by atoms with Gasteiger partial charge in [-0.05, 0) is 55.0 Å². The Kier molecular flexibility index (Phi) is 6.89. The fraction of sp³-hybridized carbons (Fsp3) is 0.381. The molecule has 0 aromatic heterocycles. The Bertz CT molecular complexity index is 730. The van der Waals surface area contributed by atoms with Gasteiger partial charge in [0.05, 0.1) is 0 Å². The van der Waals surface area contributed by atoms with Crippen LogP contribution in [0.15, 0.2) is 42.5 Å². The van der Waals surface area contributed by atoms with Crippen LogP contribution in [0, 0.1) is 6.92 Å². The maximum Gasteiger partial charge on any atom is 0.265 e. The average molecular weight is 360 g/mol. The van der Waals surface area contributed by atoms with E-state index < -0.39 is 6.10 Å². The molecule has 0 radical (unpaired) electrons. The molecule has 3 nitrogen and oxygen atoms in total. The smallest absolute Gasteiger partial charge is 0.265 e. The molecule has 2 atom stereocenters. The quantitative estimate of drug-likeness (QED) is 0.662. The van der Waals surface area contributed by atoms with E-state index in [-0.39, 0.29) is 5.91 Å². The van der Waals surface area contributed by atoms with Crippen LogP contribution in [0.25, 0.3) is 0 Å². The van der Waals surface area contributed by atoms with E-state index in [2.05, 4.69) is 25.2 Å². The Balaban J connectivity index is 2.17. The number of amides is 1. The average Bonchev–Trinajstić information content (AvgIpc) is 2.62. The van der Waals surface area contributed by atoms with Gasteiger partial charge in [0.1, 0.15) is 5.75 Å². The second-order valence-electron chi connectivity index (χ2n) is 6.31. The van der Waals surface area contributed by atoms with Gasteiger partial charge in [-0.1, -0.05) is 56.6 Å². The highest BCUT2D eigenvalue weighted by molar-refractivity contribution is 6.31. The monoisotopic (exact) mass is 359 g/mol. The number of carbonyl (C=O) groups is 1. The number of hydrogen-bond donors (Lipinski definition) is 1. The predicted molar refractivity (Wildman–Crippen MR) is 105 cm³/mol. The predicted octanol–water partition coefficient (Wildman–Crippen LogP) is 5.96. The lowest BCUT2D eigenvalue weighted by molar-refractivity contribution is -0.122. The van der Waals surface area contributed by atoms with E-state index in [0.717, 1.165) is 29.0 Å². The molecule has 0 aliphatic carbocycles. The molecular formula is C21H26ClNO2. The molecule has 1 amide bonds. The number of hydrogen-bond acceptors (Lipinski definition) is 2. The van der Waals surface area contributed by atoms with Crippen LogP contribution in [0.1, 0.15) is 50.7 Å². The van der Waals surface area contributed by atoms with Crippen molar-refractivity contribution in [2.45, 2.75) is 52.6 Å². The molecule has 1 N–H and O–H groups in total. The summed E-state index contributed by atoms with van der Waals surface area (Å²) in [5, 5.41) is 3.53. The second kappa shape index (κ2) is 8.91. The van der Waals surface area contributed by atoms with Crippen molar-refractivity contribution < 1.29 is 9.53 Å². The molecule has 2 rings (SSSR count). The zero-order valence-corrected chi connectivity index (χ0v) is 16.1. The van der Waals surface area contributed by atoms with Crippen LogP contribution in [0.4, 0.5) is 5.69 Å². The van der Waals surface area contributed by atoms with Crippen LogP contribution in [0.3, 0.4) is 0 Å². The number of nitrogens with one attached hydrogen (secondary N) is 1. The Morgan fingerprint density at radius 1 is 1.16 bits per heavy atom. The van der Waals surface area contributed by atoms with Crippen molar-refractivity contribution in [2.75, 3.05) is 5.32 Å². The van der Waals surface area contributed by atoms with Crippen molar-refractivity contribution in [1.29, 1.82) is 0 Å². The molecule has 2 aromatic rings. The van der Waals surface area contributed by atoms with E-state index in [1.807, 2.05) is 44.2 Å². The molecule has 2 unspecified atom stereocenters. The minimum Gasteiger partial charge on any atom is -0.480 e. The Labute approximate surface area is 155 Å². The standard InChI is InChI=1S/C21H26ClNO2/c1-5-14(3)17-9-7-8-10-20(17)25-19(6-2)21(24)23-18-13-16(22)12-11-15(18)4/h7-14,19H,5-6H2,1-4H3,(H,23,24). The minimum atomic E-state index is -0.552. The van der Waals surface area contributed by atoms with Gasteiger partial charge in [0.2, 0.25) is 0 Å². The normalized spacial score (nSPS) is 13.2. The Morgan fingerprint density at radius 2 is 1.88 bits per heavy atom. The number of rotatable bonds is 7. The molecule has 134 valence electrons. The summed E-state index contributed by atoms with van der Waals surface area (Å²) in [5.74, 6) is 1.00. The molecule has 0 fully saturated rings. The Hall–Kier alpha value is -2.00. The fourth-order valence-corrected chi connectivity index (χ4v) is 2.80. The number of ether oxygens (including phenoxy) is 1. The van der Waals surface area contributed by atoms with E-state index in [1.54, 1.807) is 6.07 Å². The van der Waals surface area contributed by atoms with Gasteiger partial charge in [-0.2, -0.15) is 0 Å². The van der Waals surface area contributed by atoms with Gasteiger partial charge in [-0.25, -0.2) is 0 Å². The van der Waals surface area contributed by atoms with Gasteiger partial charge in [0.15, 0.2) is 6.10 Å². The summed E-state index contributed by atoms with van der Waals surface area (Å²) in [6, 6.07) is 13.4. The molecule has 0 saturated carbocycles. The van der Waals surface area contributed by atoms with Crippen LogP contribution in [-0.2, 0) is 4.79 Å². The first kappa shape index (κ1) is 19.3. The topological polar surface area (TPSA) is 38.3 Å². The summed E-state index contributed by atoms with van der Waals surface area (Å²) in [5.41, 5.74) is 2.82. The maximum atomic E-state index is 12.7. The highest BCUT2D eigenvalue weighted by Gasteiger charge is 2.21. The van der Waals surface area contributed by atoms with Crippen molar-refractivity contribution >= 4 is 23.2 Å².